The fourth-order valence-electron chi connectivity index (χ4n) is 13.8. The summed E-state index contributed by atoms with van der Waals surface area (Å²) in [7, 11) is 3.57. The lowest BCUT2D eigenvalue weighted by Crippen LogP contribution is -2.22. The predicted octanol–water partition coefficient (Wildman–Crippen LogP) is 18.2. The SMILES string of the molecule is Cn1c(=O)n(C)c2ncc(-c3c4ccccc4c(-c4ccc5cc(-c6cccc(-n7c(=O)n(-c8ccccc8)c8cc(-c9ccc%10ccc%11c(-c%12ccc%13ccccc%13c%12)ccc%12ccc9c%10c%12%11)ccc87)c6)ccc5c4)c4ccccc34)cc21. The summed E-state index contributed by atoms with van der Waals surface area (Å²) in [6.45, 7) is 0. The summed E-state index contributed by atoms with van der Waals surface area (Å²) in [6, 6.07) is 91.0. The Bertz CT molecular complexity index is 5710. The molecule has 0 aliphatic rings. The van der Waals surface area contributed by atoms with Gasteiger partial charge in [0.15, 0.2) is 5.65 Å². The second-order valence-corrected chi connectivity index (χ2v) is 22.3. The van der Waals surface area contributed by atoms with Crippen molar-refractivity contribution in [2.75, 3.05) is 0 Å². The number of aryl methyl sites for hydroxylation is 2. The fraction of sp³-hybridized carbons (Fsp3) is 0.0260. The van der Waals surface area contributed by atoms with Gasteiger partial charge in [-0.25, -0.2) is 14.6 Å². The minimum absolute atomic E-state index is 0.101. The van der Waals surface area contributed by atoms with Gasteiger partial charge in [0, 0.05) is 25.9 Å². The van der Waals surface area contributed by atoms with Crippen molar-refractivity contribution in [2.24, 2.45) is 14.1 Å². The second-order valence-electron chi connectivity index (χ2n) is 22.3. The van der Waals surface area contributed by atoms with Crippen molar-refractivity contribution in [1.82, 2.24) is 23.3 Å². The Morgan fingerprint density at radius 3 is 1.46 bits per heavy atom. The molecule has 0 aliphatic carbocycles. The normalized spacial score (nSPS) is 12.0. The minimum Gasteiger partial charge on any atom is -0.293 e. The molecule has 0 unspecified atom stereocenters. The van der Waals surface area contributed by atoms with E-state index < -0.39 is 0 Å². The first-order valence-corrected chi connectivity index (χ1v) is 28.4. The predicted molar refractivity (Wildman–Crippen MR) is 349 cm³/mol. The van der Waals surface area contributed by atoms with E-state index in [1.165, 1.54) is 59.8 Å². The van der Waals surface area contributed by atoms with Crippen molar-refractivity contribution in [1.29, 1.82) is 0 Å². The van der Waals surface area contributed by atoms with E-state index in [2.05, 4.69) is 218 Å². The largest absolute Gasteiger partial charge is 0.338 e. The number of benzene rings is 14. The Hall–Kier alpha value is -11.2. The molecule has 0 radical (unpaired) electrons. The maximum absolute atomic E-state index is 15.2. The van der Waals surface area contributed by atoms with E-state index in [1.54, 1.807) is 23.2 Å². The van der Waals surface area contributed by atoms with E-state index in [0.717, 1.165) is 99.2 Å². The maximum atomic E-state index is 15.2. The summed E-state index contributed by atoms with van der Waals surface area (Å²) in [4.78, 5) is 33.0. The third kappa shape index (κ3) is 7.09. The molecule has 0 saturated carbocycles. The van der Waals surface area contributed by atoms with Crippen LogP contribution in [0.15, 0.2) is 271 Å². The highest BCUT2D eigenvalue weighted by molar-refractivity contribution is 6.28. The van der Waals surface area contributed by atoms with Gasteiger partial charge in [0.25, 0.3) is 0 Å². The molecule has 7 heteroatoms. The number of fused-ring (bicyclic) bond motifs is 6. The highest BCUT2D eigenvalue weighted by Gasteiger charge is 2.22. The standard InChI is InChI=1S/C77H49N5O2/c1-79-70-44-57(45-78-75(70)80(2)76(79)83)72-64-21-10-8-19-62(64)71(63-20-9-11-22-65(63)72)56-28-26-52-39-51(24-25-53(52)41-56)50-15-12-18-59(42-50)82-68-38-33-55(43-69(68)81(77(82)84)58-16-4-3-5-17-58)61-35-30-48-31-36-66-60(34-29-47-32-37-67(61)74(48)73(47)66)54-27-23-46-13-6-7-14-49(46)40-54/h3-45H,1-2H3. The lowest BCUT2D eigenvalue weighted by molar-refractivity contribution is 0.791. The molecule has 0 bridgehead atoms. The first-order chi connectivity index (χ1) is 41.3. The Labute approximate surface area is 481 Å². The number of aromatic nitrogens is 5. The van der Waals surface area contributed by atoms with Crippen LogP contribution in [0.1, 0.15) is 0 Å². The van der Waals surface area contributed by atoms with Crippen LogP contribution < -0.4 is 11.4 Å². The number of rotatable bonds is 7. The summed E-state index contributed by atoms with van der Waals surface area (Å²) in [5.74, 6) is 0. The third-order valence-corrected chi connectivity index (χ3v) is 17.8. The number of pyridine rings is 1. The summed E-state index contributed by atoms with van der Waals surface area (Å²) >= 11 is 0. The second kappa shape index (κ2) is 18.2. The molecule has 0 spiro atoms. The van der Waals surface area contributed by atoms with E-state index >= 15 is 4.79 Å². The van der Waals surface area contributed by atoms with Crippen molar-refractivity contribution in [3.05, 3.63) is 282 Å². The van der Waals surface area contributed by atoms with Crippen molar-refractivity contribution >= 4 is 97.6 Å². The smallest absolute Gasteiger partial charge is 0.293 e. The first-order valence-electron chi connectivity index (χ1n) is 28.4. The van der Waals surface area contributed by atoms with Crippen molar-refractivity contribution in [3.8, 4) is 67.0 Å². The summed E-state index contributed by atoms with van der Waals surface area (Å²) in [5.41, 5.74) is 15.4. The average Bonchev–Trinajstić information content (AvgIpc) is 1.19. The van der Waals surface area contributed by atoms with Gasteiger partial charge in [-0.3, -0.25) is 18.3 Å². The first kappa shape index (κ1) is 47.6. The zero-order chi connectivity index (χ0) is 55.9. The van der Waals surface area contributed by atoms with E-state index in [1.807, 2.05) is 51.7 Å². The minimum atomic E-state index is -0.137. The lowest BCUT2D eigenvalue weighted by Gasteiger charge is -2.18. The lowest BCUT2D eigenvalue weighted by atomic mass is 9.86. The number of para-hydroxylation sites is 1. The van der Waals surface area contributed by atoms with Crippen LogP contribution in [0.2, 0.25) is 0 Å². The van der Waals surface area contributed by atoms with Crippen LogP contribution in [0, 0.1) is 0 Å². The van der Waals surface area contributed by atoms with E-state index in [-0.39, 0.29) is 11.4 Å². The average molecular weight is 1080 g/mol. The molecule has 84 heavy (non-hydrogen) atoms. The summed E-state index contributed by atoms with van der Waals surface area (Å²) < 4.78 is 6.98. The van der Waals surface area contributed by atoms with Crippen LogP contribution in [0.25, 0.3) is 165 Å². The maximum Gasteiger partial charge on any atom is 0.338 e. The van der Waals surface area contributed by atoms with Gasteiger partial charge < -0.3 is 0 Å². The quantitative estimate of drug-likeness (QED) is 0.118. The van der Waals surface area contributed by atoms with Gasteiger partial charge in [0.2, 0.25) is 0 Å². The van der Waals surface area contributed by atoms with Crippen LogP contribution >= 0.6 is 0 Å². The molecule has 0 N–H and O–H groups in total. The molecule has 7 nitrogen and oxygen atoms in total. The highest BCUT2D eigenvalue weighted by atomic mass is 16.2. The van der Waals surface area contributed by atoms with E-state index in [4.69, 9.17) is 4.98 Å². The topological polar surface area (TPSA) is 66.8 Å². The molecule has 0 aliphatic heterocycles. The number of hydrogen-bond acceptors (Lipinski definition) is 3. The van der Waals surface area contributed by atoms with Crippen molar-refractivity contribution in [2.45, 2.75) is 0 Å². The summed E-state index contributed by atoms with van der Waals surface area (Å²) in [5, 5.41) is 16.5. The zero-order valence-electron chi connectivity index (χ0n) is 45.9. The number of hydrogen-bond donors (Lipinski definition) is 0. The molecule has 3 heterocycles. The Balaban J connectivity index is 0.756. The van der Waals surface area contributed by atoms with Crippen LogP contribution in [-0.4, -0.2) is 23.3 Å². The van der Waals surface area contributed by atoms with Crippen LogP contribution in [0.5, 0.6) is 0 Å². The molecule has 17 aromatic rings. The van der Waals surface area contributed by atoms with Crippen molar-refractivity contribution < 1.29 is 0 Å². The van der Waals surface area contributed by atoms with Crippen LogP contribution in [-0.2, 0) is 14.1 Å². The molecule has 0 atom stereocenters. The van der Waals surface area contributed by atoms with Gasteiger partial charge >= 0.3 is 11.4 Å². The van der Waals surface area contributed by atoms with E-state index in [0.29, 0.717) is 5.65 Å². The Kier molecular flexibility index (Phi) is 10.3. The molecule has 0 saturated heterocycles. The zero-order valence-corrected chi connectivity index (χ0v) is 45.9. The molecule has 14 aromatic carbocycles. The molecule has 0 fully saturated rings. The molecular formula is C77H49N5O2. The summed E-state index contributed by atoms with van der Waals surface area (Å²) in [6.07, 6.45) is 1.90. The monoisotopic (exact) mass is 1080 g/mol. The Morgan fingerprint density at radius 1 is 0.298 bits per heavy atom. The van der Waals surface area contributed by atoms with Gasteiger partial charge in [-0.15, -0.1) is 0 Å². The number of nitrogens with zero attached hydrogens (tertiary/aromatic N) is 5. The molecular weight excluding hydrogens is 1030 g/mol. The molecule has 17 rings (SSSR count). The van der Waals surface area contributed by atoms with E-state index in [9.17, 15) is 4.79 Å². The number of imidazole rings is 2. The van der Waals surface area contributed by atoms with Crippen LogP contribution in [0.4, 0.5) is 0 Å². The fourth-order valence-corrected chi connectivity index (χ4v) is 13.8. The van der Waals surface area contributed by atoms with Crippen molar-refractivity contribution in [3.63, 3.8) is 0 Å². The van der Waals surface area contributed by atoms with Gasteiger partial charge in [0.05, 0.1) is 27.9 Å². The molecule has 394 valence electrons. The molecule has 3 aromatic heterocycles. The molecule has 0 amide bonds. The van der Waals surface area contributed by atoms with Gasteiger partial charge in [-0.05, 0) is 186 Å². The van der Waals surface area contributed by atoms with Gasteiger partial charge in [0.1, 0.15) is 0 Å². The Morgan fingerprint density at radius 2 is 0.774 bits per heavy atom. The van der Waals surface area contributed by atoms with Gasteiger partial charge in [-0.2, -0.15) is 0 Å². The highest BCUT2D eigenvalue weighted by Crippen LogP contribution is 2.46. The third-order valence-electron chi connectivity index (χ3n) is 17.8. The van der Waals surface area contributed by atoms with Crippen LogP contribution in [0.3, 0.4) is 0 Å². The van der Waals surface area contributed by atoms with Gasteiger partial charge in [-0.1, -0.05) is 194 Å².